The molecule has 3 rings (SSSR count). The standard InChI is InChI=1S/C34H50FNO10/c1-22(38)30(40)27(21-44-34-33(43)32(42)31(41)28(20-37)46-34)36-29(39)11-9-7-5-3-2-4-6-8-10-23-12-16-25(17-13-23)45-26-18-14-24(35)15-19-26/h12-19,22,27-28,30-34,37-38,40-43H,2-11,20-21H2,1H3,(H,36,39)/t22-,27+,28?,30-,31?,32?,33?,34?/m1/s1. The van der Waals surface area contributed by atoms with Crippen molar-refractivity contribution in [3.8, 4) is 11.5 Å². The number of aliphatic hydroxyl groups excluding tert-OH is 6. The molecular formula is C34H50FNO10. The third kappa shape index (κ3) is 12.5. The maximum absolute atomic E-state index is 13.0. The number of hydrogen-bond donors (Lipinski definition) is 7. The summed E-state index contributed by atoms with van der Waals surface area (Å²) in [5.41, 5.74) is 1.24. The van der Waals surface area contributed by atoms with Gasteiger partial charge in [0, 0.05) is 6.42 Å². The minimum atomic E-state index is -1.62. The van der Waals surface area contributed by atoms with Crippen LogP contribution in [0.25, 0.3) is 0 Å². The third-order valence-corrected chi connectivity index (χ3v) is 8.13. The van der Waals surface area contributed by atoms with Crippen LogP contribution < -0.4 is 10.1 Å². The molecule has 1 heterocycles. The predicted molar refractivity (Wildman–Crippen MR) is 168 cm³/mol. The van der Waals surface area contributed by atoms with Crippen molar-refractivity contribution in [2.24, 2.45) is 0 Å². The quantitative estimate of drug-likeness (QED) is 0.105. The lowest BCUT2D eigenvalue weighted by atomic mass is 9.99. The predicted octanol–water partition coefficient (Wildman–Crippen LogP) is 2.71. The average molecular weight is 652 g/mol. The molecule has 12 heteroatoms. The van der Waals surface area contributed by atoms with Gasteiger partial charge in [-0.2, -0.15) is 0 Å². The van der Waals surface area contributed by atoms with Gasteiger partial charge in [-0.25, -0.2) is 4.39 Å². The van der Waals surface area contributed by atoms with Crippen molar-refractivity contribution in [1.29, 1.82) is 0 Å². The first-order valence-electron chi connectivity index (χ1n) is 16.2. The van der Waals surface area contributed by atoms with Gasteiger partial charge < -0.3 is 50.2 Å². The lowest BCUT2D eigenvalue weighted by Gasteiger charge is -2.40. The van der Waals surface area contributed by atoms with Crippen LogP contribution in [0.3, 0.4) is 0 Å². The largest absolute Gasteiger partial charge is 0.457 e. The van der Waals surface area contributed by atoms with Gasteiger partial charge in [0.1, 0.15) is 47.8 Å². The number of halogens is 1. The number of unbranched alkanes of at least 4 members (excludes halogenated alkanes) is 7. The van der Waals surface area contributed by atoms with E-state index in [2.05, 4.69) is 17.4 Å². The first-order valence-corrected chi connectivity index (χ1v) is 16.2. The Morgan fingerprint density at radius 1 is 0.848 bits per heavy atom. The molecule has 0 saturated carbocycles. The highest BCUT2D eigenvalue weighted by molar-refractivity contribution is 5.76. The molecule has 2 aromatic carbocycles. The molecular weight excluding hydrogens is 601 g/mol. The fourth-order valence-electron chi connectivity index (χ4n) is 5.28. The lowest BCUT2D eigenvalue weighted by molar-refractivity contribution is -0.303. The van der Waals surface area contributed by atoms with Crippen LogP contribution in [0.15, 0.2) is 48.5 Å². The van der Waals surface area contributed by atoms with Crippen molar-refractivity contribution in [1.82, 2.24) is 5.32 Å². The van der Waals surface area contributed by atoms with Crippen molar-refractivity contribution in [2.45, 2.75) is 120 Å². The summed E-state index contributed by atoms with van der Waals surface area (Å²) in [6, 6.07) is 12.9. The van der Waals surface area contributed by atoms with Gasteiger partial charge in [-0.15, -0.1) is 0 Å². The summed E-state index contributed by atoms with van der Waals surface area (Å²) < 4.78 is 29.6. The molecule has 0 radical (unpaired) electrons. The number of carbonyl (C=O) groups excluding carboxylic acids is 1. The van der Waals surface area contributed by atoms with Gasteiger partial charge in [-0.05, 0) is 68.1 Å². The van der Waals surface area contributed by atoms with Crippen LogP contribution in [0.1, 0.15) is 70.3 Å². The molecule has 46 heavy (non-hydrogen) atoms. The SMILES string of the molecule is C[C@@H](O)[C@@H](O)[C@H](COC1OC(CO)C(O)C(O)C1O)NC(=O)CCCCCCCCCCc1ccc(Oc2ccc(F)cc2)cc1. The van der Waals surface area contributed by atoms with Crippen molar-refractivity contribution in [3.63, 3.8) is 0 Å². The minimum Gasteiger partial charge on any atom is -0.457 e. The number of nitrogens with one attached hydrogen (secondary N) is 1. The number of ether oxygens (including phenoxy) is 3. The molecule has 0 spiro atoms. The molecule has 8 atom stereocenters. The number of aryl methyl sites for hydroxylation is 1. The van der Waals surface area contributed by atoms with Gasteiger partial charge in [0.05, 0.1) is 25.4 Å². The molecule has 0 aliphatic carbocycles. The molecule has 7 N–H and O–H groups in total. The molecule has 1 amide bonds. The molecule has 1 fully saturated rings. The maximum Gasteiger partial charge on any atom is 0.220 e. The summed E-state index contributed by atoms with van der Waals surface area (Å²) in [5, 5.41) is 62.3. The van der Waals surface area contributed by atoms with Crippen LogP contribution in [-0.2, 0) is 20.7 Å². The van der Waals surface area contributed by atoms with E-state index in [0.29, 0.717) is 17.9 Å². The molecule has 1 aliphatic rings. The van der Waals surface area contributed by atoms with E-state index in [0.717, 1.165) is 51.4 Å². The number of hydrogen-bond acceptors (Lipinski definition) is 10. The van der Waals surface area contributed by atoms with Crippen molar-refractivity contribution in [3.05, 3.63) is 59.9 Å². The topological polar surface area (TPSA) is 178 Å². The highest BCUT2D eigenvalue weighted by Gasteiger charge is 2.44. The van der Waals surface area contributed by atoms with Gasteiger partial charge in [0.25, 0.3) is 0 Å². The number of rotatable bonds is 20. The summed E-state index contributed by atoms with van der Waals surface area (Å²) >= 11 is 0. The minimum absolute atomic E-state index is 0.233. The second-order valence-electron chi connectivity index (χ2n) is 12.0. The summed E-state index contributed by atoms with van der Waals surface area (Å²) in [5.74, 6) is 0.688. The van der Waals surface area contributed by atoms with E-state index in [1.54, 1.807) is 12.1 Å². The smallest absolute Gasteiger partial charge is 0.220 e. The average Bonchev–Trinajstić information content (AvgIpc) is 3.05. The number of aliphatic hydroxyl groups is 6. The fraction of sp³-hybridized carbons (Fsp3) is 0.618. The Balaban J connectivity index is 1.25. The van der Waals surface area contributed by atoms with E-state index < -0.39 is 55.6 Å². The monoisotopic (exact) mass is 651 g/mol. The summed E-state index contributed by atoms with van der Waals surface area (Å²) in [6.07, 6.45) is -0.561. The van der Waals surface area contributed by atoms with Crippen LogP contribution in [0.2, 0.25) is 0 Å². The van der Waals surface area contributed by atoms with Gasteiger partial charge in [0.2, 0.25) is 5.91 Å². The summed E-state index contributed by atoms with van der Waals surface area (Å²) in [6.45, 7) is 0.399. The van der Waals surface area contributed by atoms with E-state index in [4.69, 9.17) is 14.2 Å². The first-order chi connectivity index (χ1) is 22.1. The Morgan fingerprint density at radius 3 is 2.00 bits per heavy atom. The molecule has 0 aromatic heterocycles. The molecule has 2 aromatic rings. The fourth-order valence-corrected chi connectivity index (χ4v) is 5.28. The Kier molecular flexibility index (Phi) is 16.3. The second kappa shape index (κ2) is 19.9. The zero-order valence-electron chi connectivity index (χ0n) is 26.4. The lowest BCUT2D eigenvalue weighted by Crippen LogP contribution is -2.60. The second-order valence-corrected chi connectivity index (χ2v) is 12.0. The molecule has 0 bridgehead atoms. The van der Waals surface area contributed by atoms with Crippen molar-refractivity contribution in [2.75, 3.05) is 13.2 Å². The number of amides is 1. The van der Waals surface area contributed by atoms with Crippen LogP contribution in [-0.4, -0.2) is 98.7 Å². The van der Waals surface area contributed by atoms with Crippen LogP contribution in [0, 0.1) is 5.82 Å². The number of benzene rings is 2. The highest BCUT2D eigenvalue weighted by atomic mass is 19.1. The zero-order chi connectivity index (χ0) is 33.5. The maximum atomic E-state index is 13.0. The van der Waals surface area contributed by atoms with E-state index in [9.17, 15) is 39.8 Å². The summed E-state index contributed by atoms with van der Waals surface area (Å²) in [4.78, 5) is 12.6. The van der Waals surface area contributed by atoms with E-state index in [1.807, 2.05) is 12.1 Å². The van der Waals surface area contributed by atoms with Crippen molar-refractivity contribution < 1.29 is 54.0 Å². The Bertz CT molecular complexity index is 1130. The van der Waals surface area contributed by atoms with Crippen LogP contribution >= 0.6 is 0 Å². The van der Waals surface area contributed by atoms with Crippen molar-refractivity contribution >= 4 is 5.91 Å². The van der Waals surface area contributed by atoms with Gasteiger partial charge in [-0.1, -0.05) is 50.7 Å². The van der Waals surface area contributed by atoms with Crippen LogP contribution in [0.5, 0.6) is 11.5 Å². The Hall–Kier alpha value is -2.68. The molecule has 1 saturated heterocycles. The summed E-state index contributed by atoms with van der Waals surface area (Å²) in [7, 11) is 0. The van der Waals surface area contributed by atoms with Gasteiger partial charge in [-0.3, -0.25) is 4.79 Å². The number of carbonyl (C=O) groups is 1. The highest BCUT2D eigenvalue weighted by Crippen LogP contribution is 2.24. The van der Waals surface area contributed by atoms with Gasteiger partial charge >= 0.3 is 0 Å². The van der Waals surface area contributed by atoms with Gasteiger partial charge in [0.15, 0.2) is 6.29 Å². The molecule has 11 nitrogen and oxygen atoms in total. The normalized spacial score (nSPS) is 23.4. The van der Waals surface area contributed by atoms with Crippen LogP contribution in [0.4, 0.5) is 4.39 Å². The Morgan fingerprint density at radius 2 is 1.41 bits per heavy atom. The molecule has 1 aliphatic heterocycles. The first kappa shape index (κ1) is 37.8. The van der Waals surface area contributed by atoms with E-state index >= 15 is 0 Å². The molecule has 258 valence electrons. The van der Waals surface area contributed by atoms with E-state index in [1.165, 1.54) is 24.6 Å². The third-order valence-electron chi connectivity index (χ3n) is 8.13. The Labute approximate surface area is 269 Å². The zero-order valence-corrected chi connectivity index (χ0v) is 26.4. The van der Waals surface area contributed by atoms with E-state index in [-0.39, 0.29) is 24.8 Å². The molecule has 5 unspecified atom stereocenters.